The molecule has 18 heavy (non-hydrogen) atoms. The van der Waals surface area contributed by atoms with Crippen molar-refractivity contribution >= 4 is 9.84 Å². The molecule has 0 saturated carbocycles. The molecule has 1 N–H and O–H groups in total. The zero-order chi connectivity index (χ0) is 13.8. The van der Waals surface area contributed by atoms with Gasteiger partial charge in [0.25, 0.3) is 0 Å². The molecule has 1 aromatic carbocycles. The zero-order valence-electron chi connectivity index (χ0n) is 11.0. The van der Waals surface area contributed by atoms with E-state index >= 15 is 0 Å². The molecule has 0 bridgehead atoms. The summed E-state index contributed by atoms with van der Waals surface area (Å²) in [4.78, 5) is 0.343. The van der Waals surface area contributed by atoms with Crippen LogP contribution in [0.3, 0.4) is 0 Å². The van der Waals surface area contributed by atoms with Crippen molar-refractivity contribution in [2.24, 2.45) is 0 Å². The highest BCUT2D eigenvalue weighted by atomic mass is 32.2. The van der Waals surface area contributed by atoms with E-state index in [1.54, 1.807) is 12.1 Å². The summed E-state index contributed by atoms with van der Waals surface area (Å²) in [6.45, 7) is 4.06. The molecular weight excluding hydrogens is 246 g/mol. The molecule has 98 valence electrons. The van der Waals surface area contributed by atoms with Crippen LogP contribution in [0, 0.1) is 12.3 Å². The maximum atomic E-state index is 11.3. The monoisotopic (exact) mass is 265 g/mol. The molecule has 0 spiro atoms. The fraction of sp³-hybridized carbons (Fsp3) is 0.429. The van der Waals surface area contributed by atoms with Crippen molar-refractivity contribution < 1.29 is 8.42 Å². The van der Waals surface area contributed by atoms with Crippen molar-refractivity contribution in [3.63, 3.8) is 0 Å². The van der Waals surface area contributed by atoms with Gasteiger partial charge in [-0.15, -0.1) is 12.3 Å². The number of benzene rings is 1. The normalized spacial score (nSPS) is 14.8. The fourth-order valence-electron chi connectivity index (χ4n) is 1.76. The molecule has 0 saturated heterocycles. The van der Waals surface area contributed by atoms with Gasteiger partial charge in [0, 0.05) is 24.8 Å². The van der Waals surface area contributed by atoms with Crippen LogP contribution in [0.5, 0.6) is 0 Å². The van der Waals surface area contributed by atoms with Gasteiger partial charge in [-0.1, -0.05) is 12.1 Å². The largest absolute Gasteiger partial charge is 0.307 e. The molecule has 0 aliphatic heterocycles. The summed E-state index contributed by atoms with van der Waals surface area (Å²) in [5, 5.41) is 3.36. The van der Waals surface area contributed by atoms with Crippen LogP contribution in [-0.4, -0.2) is 20.7 Å². The number of rotatable bonds is 5. The van der Waals surface area contributed by atoms with Crippen LogP contribution in [0.4, 0.5) is 0 Å². The summed E-state index contributed by atoms with van der Waals surface area (Å²) in [5.41, 5.74) is 1.05. The SMILES string of the molecule is C#CCC(C)NC(C)c1ccc(S(C)(=O)=O)cc1. The number of sulfone groups is 1. The minimum absolute atomic E-state index is 0.141. The lowest BCUT2D eigenvalue weighted by atomic mass is 10.1. The van der Waals surface area contributed by atoms with E-state index in [1.165, 1.54) is 6.26 Å². The van der Waals surface area contributed by atoms with Crippen LogP contribution in [0.1, 0.15) is 31.9 Å². The molecule has 0 amide bonds. The molecular formula is C14H19NO2S. The van der Waals surface area contributed by atoms with Crippen molar-refractivity contribution in [3.05, 3.63) is 29.8 Å². The Morgan fingerprint density at radius 1 is 1.28 bits per heavy atom. The van der Waals surface area contributed by atoms with Gasteiger partial charge in [-0.2, -0.15) is 0 Å². The quantitative estimate of drug-likeness (QED) is 0.830. The molecule has 4 heteroatoms. The molecule has 0 aliphatic carbocycles. The lowest BCUT2D eigenvalue weighted by Crippen LogP contribution is -2.28. The van der Waals surface area contributed by atoms with Crippen molar-refractivity contribution in [2.75, 3.05) is 6.26 Å². The predicted molar refractivity (Wildman–Crippen MR) is 74.0 cm³/mol. The summed E-state index contributed by atoms with van der Waals surface area (Å²) < 4.78 is 22.7. The maximum Gasteiger partial charge on any atom is 0.175 e. The van der Waals surface area contributed by atoms with Crippen LogP contribution in [0.15, 0.2) is 29.2 Å². The summed E-state index contributed by atoms with van der Waals surface area (Å²) in [7, 11) is -3.12. The van der Waals surface area contributed by atoms with Crippen molar-refractivity contribution in [1.82, 2.24) is 5.32 Å². The molecule has 1 aromatic rings. The van der Waals surface area contributed by atoms with Crippen LogP contribution in [0.25, 0.3) is 0 Å². The summed E-state index contributed by atoms with van der Waals surface area (Å²) in [5.74, 6) is 2.61. The Morgan fingerprint density at radius 3 is 2.28 bits per heavy atom. The van der Waals surface area contributed by atoms with Gasteiger partial charge in [0.1, 0.15) is 0 Å². The van der Waals surface area contributed by atoms with E-state index in [0.29, 0.717) is 11.3 Å². The maximum absolute atomic E-state index is 11.3. The molecule has 0 radical (unpaired) electrons. The highest BCUT2D eigenvalue weighted by Gasteiger charge is 2.11. The minimum Gasteiger partial charge on any atom is -0.307 e. The lowest BCUT2D eigenvalue weighted by Gasteiger charge is -2.19. The van der Waals surface area contributed by atoms with Crippen LogP contribution in [0.2, 0.25) is 0 Å². The van der Waals surface area contributed by atoms with Gasteiger partial charge >= 0.3 is 0 Å². The molecule has 2 atom stereocenters. The summed E-state index contributed by atoms with van der Waals surface area (Å²) in [6.07, 6.45) is 7.13. The molecule has 2 unspecified atom stereocenters. The second kappa shape index (κ2) is 6.03. The summed E-state index contributed by atoms with van der Waals surface area (Å²) >= 11 is 0. The van der Waals surface area contributed by atoms with E-state index in [4.69, 9.17) is 6.42 Å². The van der Waals surface area contributed by atoms with Crippen LogP contribution >= 0.6 is 0 Å². The zero-order valence-corrected chi connectivity index (χ0v) is 11.8. The van der Waals surface area contributed by atoms with Gasteiger partial charge in [-0.3, -0.25) is 0 Å². The first-order chi connectivity index (χ1) is 8.34. The second-order valence-corrected chi connectivity index (χ2v) is 6.55. The number of nitrogens with one attached hydrogen (secondary N) is 1. The van der Waals surface area contributed by atoms with Crippen molar-refractivity contribution in [3.8, 4) is 12.3 Å². The first-order valence-electron chi connectivity index (χ1n) is 5.84. The van der Waals surface area contributed by atoms with Gasteiger partial charge < -0.3 is 5.32 Å². The van der Waals surface area contributed by atoms with E-state index in [-0.39, 0.29) is 12.1 Å². The standard InChI is InChI=1S/C14H19NO2S/c1-5-6-11(2)15-12(3)13-7-9-14(10-8-13)18(4,16)17/h1,7-12,15H,6H2,2-4H3. The van der Waals surface area contributed by atoms with E-state index in [2.05, 4.69) is 11.2 Å². The van der Waals surface area contributed by atoms with E-state index in [0.717, 1.165) is 5.56 Å². The Labute approximate surface area is 110 Å². The topological polar surface area (TPSA) is 46.2 Å². The van der Waals surface area contributed by atoms with Gasteiger partial charge in [-0.25, -0.2) is 8.42 Å². The van der Waals surface area contributed by atoms with E-state index in [1.807, 2.05) is 26.0 Å². The highest BCUT2D eigenvalue weighted by molar-refractivity contribution is 7.90. The van der Waals surface area contributed by atoms with E-state index < -0.39 is 9.84 Å². The molecule has 0 aliphatic rings. The number of hydrogen-bond donors (Lipinski definition) is 1. The first-order valence-corrected chi connectivity index (χ1v) is 7.73. The number of terminal acetylenes is 1. The van der Waals surface area contributed by atoms with Gasteiger partial charge in [0.05, 0.1) is 4.90 Å². The third-order valence-electron chi connectivity index (χ3n) is 2.77. The van der Waals surface area contributed by atoms with Crippen LogP contribution in [-0.2, 0) is 9.84 Å². The minimum atomic E-state index is -3.12. The molecule has 0 heterocycles. The average Bonchev–Trinajstić information content (AvgIpc) is 2.28. The Kier molecular flexibility index (Phi) is 4.94. The molecule has 3 nitrogen and oxygen atoms in total. The van der Waals surface area contributed by atoms with Crippen LogP contribution < -0.4 is 5.32 Å². The molecule has 0 aromatic heterocycles. The third-order valence-corrected chi connectivity index (χ3v) is 3.90. The molecule has 1 rings (SSSR count). The Hall–Kier alpha value is -1.31. The predicted octanol–water partition coefficient (Wildman–Crippen LogP) is 2.15. The third kappa shape index (κ3) is 4.17. The Balaban J connectivity index is 2.77. The average molecular weight is 265 g/mol. The second-order valence-electron chi connectivity index (χ2n) is 4.54. The smallest absolute Gasteiger partial charge is 0.175 e. The number of hydrogen-bond acceptors (Lipinski definition) is 3. The summed E-state index contributed by atoms with van der Waals surface area (Å²) in [6, 6.07) is 7.30. The molecule has 0 fully saturated rings. The fourth-order valence-corrected chi connectivity index (χ4v) is 2.39. The van der Waals surface area contributed by atoms with Crippen molar-refractivity contribution in [1.29, 1.82) is 0 Å². The Bertz CT molecular complexity index is 526. The van der Waals surface area contributed by atoms with Gasteiger partial charge in [0.15, 0.2) is 9.84 Å². The first kappa shape index (κ1) is 14.7. The van der Waals surface area contributed by atoms with Gasteiger partial charge in [-0.05, 0) is 31.5 Å². The lowest BCUT2D eigenvalue weighted by molar-refractivity contribution is 0.486. The van der Waals surface area contributed by atoms with Gasteiger partial charge in [0.2, 0.25) is 0 Å². The Morgan fingerprint density at radius 2 is 1.83 bits per heavy atom. The highest BCUT2D eigenvalue weighted by Crippen LogP contribution is 2.16. The van der Waals surface area contributed by atoms with E-state index in [9.17, 15) is 8.42 Å². The van der Waals surface area contributed by atoms with Crippen molar-refractivity contribution in [2.45, 2.75) is 37.2 Å².